The molecule has 0 aliphatic heterocycles. The molecule has 2 heterocycles. The van der Waals surface area contributed by atoms with Crippen LogP contribution in [0, 0.1) is 11.8 Å². The molecule has 2 saturated carbocycles. The van der Waals surface area contributed by atoms with E-state index in [1.165, 1.54) is 11.3 Å². The van der Waals surface area contributed by atoms with Gasteiger partial charge >= 0.3 is 5.97 Å². The third-order valence-electron chi connectivity index (χ3n) is 7.16. The number of anilines is 1. The molecule has 4 rings (SSSR count). The number of hydrogen-bond acceptors (Lipinski definition) is 6. The van der Waals surface area contributed by atoms with E-state index < -0.39 is 5.97 Å². The number of pyridine rings is 1. The second kappa shape index (κ2) is 10.2. The molecule has 0 bridgehead atoms. The van der Waals surface area contributed by atoms with Gasteiger partial charge in [-0.15, -0.1) is 11.3 Å². The van der Waals surface area contributed by atoms with Crippen LogP contribution >= 0.6 is 11.3 Å². The highest BCUT2D eigenvalue weighted by Crippen LogP contribution is 2.43. The van der Waals surface area contributed by atoms with Crippen LogP contribution < -0.4 is 14.4 Å². The van der Waals surface area contributed by atoms with Crippen LogP contribution in [0.5, 0.6) is 11.6 Å². The van der Waals surface area contributed by atoms with Crippen LogP contribution in [0.15, 0.2) is 24.4 Å². The molecule has 1 N–H and O–H groups in total. The van der Waals surface area contributed by atoms with Gasteiger partial charge in [-0.1, -0.05) is 27.7 Å². The lowest BCUT2D eigenvalue weighted by Crippen LogP contribution is -2.54. The quantitative estimate of drug-likeness (QED) is 0.508. The Morgan fingerprint density at radius 2 is 1.83 bits per heavy atom. The summed E-state index contributed by atoms with van der Waals surface area (Å²) in [6, 6.07) is 5.38. The summed E-state index contributed by atoms with van der Waals surface area (Å²) >= 11 is 1.28. The summed E-state index contributed by atoms with van der Waals surface area (Å²) in [5, 5.41) is 10.0. The number of hydrogen-bond donors (Lipinski definition) is 1. The molecule has 0 saturated heterocycles. The average molecular weight is 501 g/mol. The Labute approximate surface area is 211 Å². The van der Waals surface area contributed by atoms with Crippen molar-refractivity contribution in [1.29, 1.82) is 0 Å². The normalized spacial score (nSPS) is 24.4. The van der Waals surface area contributed by atoms with Gasteiger partial charge in [0.2, 0.25) is 11.8 Å². The van der Waals surface area contributed by atoms with E-state index in [1.54, 1.807) is 25.4 Å². The van der Waals surface area contributed by atoms with Crippen molar-refractivity contribution in [2.24, 2.45) is 11.8 Å². The van der Waals surface area contributed by atoms with Gasteiger partial charge in [0.1, 0.15) is 16.7 Å². The van der Waals surface area contributed by atoms with E-state index in [1.807, 2.05) is 11.0 Å². The van der Waals surface area contributed by atoms with Gasteiger partial charge in [0.15, 0.2) is 0 Å². The molecule has 2 aliphatic rings. The highest BCUT2D eigenvalue weighted by Gasteiger charge is 2.43. The van der Waals surface area contributed by atoms with Crippen LogP contribution in [0.3, 0.4) is 0 Å². The van der Waals surface area contributed by atoms with Gasteiger partial charge in [-0.2, -0.15) is 0 Å². The number of methoxy groups -OCH3 is 1. The molecule has 2 aromatic rings. The van der Waals surface area contributed by atoms with E-state index in [0.29, 0.717) is 36.1 Å². The van der Waals surface area contributed by atoms with Crippen molar-refractivity contribution in [2.45, 2.75) is 83.8 Å². The molecule has 35 heavy (non-hydrogen) atoms. The van der Waals surface area contributed by atoms with Gasteiger partial charge in [0.05, 0.1) is 12.8 Å². The second-order valence-electron chi connectivity index (χ2n) is 10.9. The maximum atomic E-state index is 13.9. The van der Waals surface area contributed by atoms with Crippen molar-refractivity contribution >= 4 is 28.9 Å². The molecule has 0 radical (unpaired) electrons. The molecule has 8 heteroatoms. The minimum atomic E-state index is -0.980. The number of carboxylic acids is 1. The van der Waals surface area contributed by atoms with Gasteiger partial charge < -0.3 is 19.5 Å². The third-order valence-corrected chi connectivity index (χ3v) is 8.70. The Balaban J connectivity index is 1.59. The maximum Gasteiger partial charge on any atom is 0.348 e. The second-order valence-corrected chi connectivity index (χ2v) is 12.0. The number of thiophene rings is 1. The number of aromatic carboxylic acids is 1. The van der Waals surface area contributed by atoms with Crippen molar-refractivity contribution < 1.29 is 24.2 Å². The summed E-state index contributed by atoms with van der Waals surface area (Å²) in [6.07, 6.45) is 6.68. The van der Waals surface area contributed by atoms with Gasteiger partial charge in [-0.3, -0.25) is 4.79 Å². The molecule has 0 aromatic carbocycles. The first-order valence-electron chi connectivity index (χ1n) is 12.4. The molecule has 2 fully saturated rings. The van der Waals surface area contributed by atoms with Crippen LogP contribution in [0.1, 0.15) is 80.8 Å². The minimum absolute atomic E-state index is 0.0530. The summed E-state index contributed by atoms with van der Waals surface area (Å²) in [6.45, 7) is 8.44. The lowest BCUT2D eigenvalue weighted by atomic mass is 9.80. The van der Waals surface area contributed by atoms with E-state index in [0.717, 1.165) is 30.6 Å². The lowest BCUT2D eigenvalue weighted by Gasteiger charge is -2.44. The Hall–Kier alpha value is -2.61. The molecule has 7 nitrogen and oxygen atoms in total. The predicted molar refractivity (Wildman–Crippen MR) is 137 cm³/mol. The zero-order valence-corrected chi connectivity index (χ0v) is 22.1. The number of rotatable bonds is 7. The molecule has 2 aromatic heterocycles. The first kappa shape index (κ1) is 25.5. The Morgan fingerprint density at radius 3 is 2.43 bits per heavy atom. The van der Waals surface area contributed by atoms with Crippen LogP contribution in [-0.2, 0) is 10.2 Å². The number of carbonyl (C=O) groups is 2. The highest BCUT2D eigenvalue weighted by atomic mass is 32.1. The van der Waals surface area contributed by atoms with Crippen LogP contribution in [0.25, 0.3) is 0 Å². The zero-order chi connectivity index (χ0) is 25.3. The Kier molecular flexibility index (Phi) is 7.40. The number of nitrogens with zero attached hydrogens (tertiary/aromatic N) is 2. The fourth-order valence-corrected chi connectivity index (χ4v) is 5.94. The first-order valence-corrected chi connectivity index (χ1v) is 13.3. The van der Waals surface area contributed by atoms with Crippen molar-refractivity contribution in [3.8, 4) is 11.6 Å². The summed E-state index contributed by atoms with van der Waals surface area (Å²) in [5.74, 6) is 0.820. The topological polar surface area (TPSA) is 89.0 Å². The molecule has 1 amide bonds. The van der Waals surface area contributed by atoms with Crippen LogP contribution in [0.2, 0.25) is 0 Å². The fourth-order valence-electron chi connectivity index (χ4n) is 4.90. The molecule has 0 spiro atoms. The summed E-state index contributed by atoms with van der Waals surface area (Å²) in [4.78, 5) is 33.3. The van der Waals surface area contributed by atoms with E-state index >= 15 is 0 Å². The van der Waals surface area contributed by atoms with Crippen LogP contribution in [-0.4, -0.2) is 41.2 Å². The standard InChI is InChI=1S/C27H36N2O5S/c1-16-6-8-17(9-7-16)25(30)29(21-15-22(27(2,3)4)35-24(21)26(31)32)18-12-20(13-18)34-19-10-11-28-23(14-19)33-5/h10-11,14-18,20H,6-9,12-13H2,1-5H3,(H,31,32). The Morgan fingerprint density at radius 1 is 1.14 bits per heavy atom. The van der Waals surface area contributed by atoms with E-state index in [4.69, 9.17) is 9.47 Å². The summed E-state index contributed by atoms with van der Waals surface area (Å²) < 4.78 is 11.3. The Bertz CT molecular complexity index is 1060. The van der Waals surface area contributed by atoms with E-state index in [-0.39, 0.29) is 34.3 Å². The van der Waals surface area contributed by atoms with Crippen molar-refractivity contribution in [1.82, 2.24) is 4.98 Å². The molecule has 190 valence electrons. The molecule has 0 unspecified atom stereocenters. The van der Waals surface area contributed by atoms with Crippen LogP contribution in [0.4, 0.5) is 5.69 Å². The monoisotopic (exact) mass is 500 g/mol. The molecular formula is C27H36N2O5S. The van der Waals surface area contributed by atoms with Gasteiger partial charge in [0, 0.05) is 41.9 Å². The van der Waals surface area contributed by atoms with Crippen molar-refractivity contribution in [2.75, 3.05) is 12.0 Å². The zero-order valence-electron chi connectivity index (χ0n) is 21.2. The summed E-state index contributed by atoms with van der Waals surface area (Å²) in [5.41, 5.74) is 0.346. The van der Waals surface area contributed by atoms with Crippen molar-refractivity contribution in [3.63, 3.8) is 0 Å². The number of ether oxygens (including phenoxy) is 2. The number of carboxylic acid groups (broad SMARTS) is 1. The predicted octanol–water partition coefficient (Wildman–Crippen LogP) is 5.92. The minimum Gasteiger partial charge on any atom is -0.490 e. The molecule has 2 aliphatic carbocycles. The molecule has 0 atom stereocenters. The van der Waals surface area contributed by atoms with Crippen molar-refractivity contribution in [3.05, 3.63) is 34.2 Å². The largest absolute Gasteiger partial charge is 0.490 e. The van der Waals surface area contributed by atoms with Gasteiger partial charge in [-0.05, 0) is 49.1 Å². The number of amides is 1. The van der Waals surface area contributed by atoms with Gasteiger partial charge in [0.25, 0.3) is 0 Å². The van der Waals surface area contributed by atoms with E-state index in [2.05, 4.69) is 32.7 Å². The smallest absolute Gasteiger partial charge is 0.348 e. The first-order chi connectivity index (χ1) is 16.6. The lowest BCUT2D eigenvalue weighted by molar-refractivity contribution is -0.124. The van der Waals surface area contributed by atoms with E-state index in [9.17, 15) is 14.7 Å². The molecular weight excluding hydrogens is 464 g/mol. The third kappa shape index (κ3) is 5.63. The number of carbonyl (C=O) groups excluding carboxylic acids is 1. The van der Waals surface area contributed by atoms with Gasteiger partial charge in [-0.25, -0.2) is 9.78 Å². The maximum absolute atomic E-state index is 13.9. The average Bonchev–Trinajstić information content (AvgIpc) is 3.24. The highest BCUT2D eigenvalue weighted by molar-refractivity contribution is 7.14. The fraction of sp³-hybridized carbons (Fsp3) is 0.593. The number of aromatic nitrogens is 1. The SMILES string of the molecule is COc1cc(OC2CC(N(C(=O)C3CCC(C)CC3)c3cc(C(C)(C)C)sc3C(=O)O)C2)ccn1. The summed E-state index contributed by atoms with van der Waals surface area (Å²) in [7, 11) is 1.56.